The van der Waals surface area contributed by atoms with Gasteiger partial charge in [-0.3, -0.25) is 19.3 Å². The van der Waals surface area contributed by atoms with E-state index in [1.54, 1.807) is 16.3 Å². The average molecular weight is 632 g/mol. The van der Waals surface area contributed by atoms with Crippen LogP contribution in [-0.4, -0.2) is 46.5 Å². The summed E-state index contributed by atoms with van der Waals surface area (Å²) in [5.41, 5.74) is 1.86. The molecule has 2 atom stereocenters. The molecule has 0 radical (unpaired) electrons. The van der Waals surface area contributed by atoms with Crippen LogP contribution in [0.15, 0.2) is 58.8 Å². The number of benzene rings is 2. The van der Waals surface area contributed by atoms with E-state index in [2.05, 4.69) is 0 Å². The van der Waals surface area contributed by atoms with Gasteiger partial charge in [0.25, 0.3) is 11.8 Å². The van der Waals surface area contributed by atoms with Gasteiger partial charge in [-0.15, -0.1) is 11.3 Å². The van der Waals surface area contributed by atoms with E-state index in [0.717, 1.165) is 41.3 Å². The SMILES string of the molecule is O=C1c2c(O)c(=O)ccn2N([C@H]2c3ccccc3-c3scc4c3-c3c2ccc(F)c3C(F)(F)C4)[C@@H]2CC3(CCOCC3)CCN12. The number of carbonyl (C=O) groups is 1. The van der Waals surface area contributed by atoms with Gasteiger partial charge in [-0.05, 0) is 64.8 Å². The highest BCUT2D eigenvalue weighted by atomic mass is 32.1. The number of aromatic nitrogens is 1. The summed E-state index contributed by atoms with van der Waals surface area (Å²) >= 11 is 1.37. The first-order valence-electron chi connectivity index (χ1n) is 15.2. The van der Waals surface area contributed by atoms with Gasteiger partial charge in [0.05, 0.1) is 11.6 Å². The molecule has 7 nitrogen and oxygen atoms in total. The van der Waals surface area contributed by atoms with Crippen molar-refractivity contribution < 1.29 is 27.8 Å². The number of aromatic hydroxyl groups is 1. The normalized spacial score (nSPS) is 23.6. The Morgan fingerprint density at radius 1 is 0.978 bits per heavy atom. The minimum absolute atomic E-state index is 0.109. The van der Waals surface area contributed by atoms with Gasteiger partial charge in [0, 0.05) is 54.4 Å². The van der Waals surface area contributed by atoms with Crippen LogP contribution < -0.4 is 10.4 Å². The number of ether oxygens (including phenoxy) is 1. The van der Waals surface area contributed by atoms with Gasteiger partial charge in [-0.1, -0.05) is 30.3 Å². The van der Waals surface area contributed by atoms with E-state index in [4.69, 9.17) is 4.74 Å². The molecule has 2 aliphatic carbocycles. The lowest BCUT2D eigenvalue weighted by Gasteiger charge is -2.56. The highest BCUT2D eigenvalue weighted by Crippen LogP contribution is 2.59. The molecular formula is C34H28F3N3O4S. The molecule has 9 rings (SSSR count). The van der Waals surface area contributed by atoms with E-state index < -0.39 is 53.0 Å². The fourth-order valence-corrected chi connectivity index (χ4v) is 9.61. The Labute approximate surface area is 260 Å². The number of halogens is 3. The largest absolute Gasteiger partial charge is 0.502 e. The van der Waals surface area contributed by atoms with Gasteiger partial charge in [0.2, 0.25) is 5.43 Å². The third-order valence-corrected chi connectivity index (χ3v) is 11.7. The number of thiophene rings is 1. The molecule has 0 saturated carbocycles. The number of carbonyl (C=O) groups excluding carboxylic acids is 1. The van der Waals surface area contributed by atoms with Crippen LogP contribution in [0.1, 0.15) is 64.5 Å². The Balaban J connectivity index is 1.37. The number of alkyl halides is 2. The van der Waals surface area contributed by atoms with E-state index in [1.807, 2.05) is 29.3 Å². The molecule has 1 spiro atoms. The molecule has 2 aromatic heterocycles. The molecule has 4 aromatic rings. The minimum atomic E-state index is -3.43. The van der Waals surface area contributed by atoms with Crippen LogP contribution in [-0.2, 0) is 17.1 Å². The van der Waals surface area contributed by atoms with Gasteiger partial charge in [0.1, 0.15) is 12.0 Å². The molecule has 2 saturated heterocycles. The average Bonchev–Trinajstić information content (AvgIpc) is 3.39. The molecule has 3 aliphatic heterocycles. The van der Waals surface area contributed by atoms with Gasteiger partial charge in [0.15, 0.2) is 11.4 Å². The first kappa shape index (κ1) is 27.2. The predicted octanol–water partition coefficient (Wildman–Crippen LogP) is 6.15. The molecular weight excluding hydrogens is 603 g/mol. The second-order valence-corrected chi connectivity index (χ2v) is 13.7. The number of amides is 1. The van der Waals surface area contributed by atoms with Crippen molar-refractivity contribution in [3.05, 3.63) is 98.0 Å². The molecule has 45 heavy (non-hydrogen) atoms. The topological polar surface area (TPSA) is 75.0 Å². The number of piperidine rings is 1. The smallest absolute Gasteiger partial charge is 0.280 e. The van der Waals surface area contributed by atoms with Crippen molar-refractivity contribution in [1.82, 2.24) is 9.58 Å². The van der Waals surface area contributed by atoms with Gasteiger partial charge >= 0.3 is 0 Å². The van der Waals surface area contributed by atoms with Crippen LogP contribution in [0.25, 0.3) is 21.6 Å². The molecule has 2 aromatic carbocycles. The summed E-state index contributed by atoms with van der Waals surface area (Å²) in [6, 6.07) is 10.9. The van der Waals surface area contributed by atoms with E-state index in [9.17, 15) is 14.7 Å². The first-order valence-corrected chi connectivity index (χ1v) is 16.1. The predicted molar refractivity (Wildman–Crippen MR) is 162 cm³/mol. The van der Waals surface area contributed by atoms with E-state index in [-0.39, 0.29) is 16.7 Å². The van der Waals surface area contributed by atoms with Crippen LogP contribution in [0.3, 0.4) is 0 Å². The summed E-state index contributed by atoms with van der Waals surface area (Å²) in [4.78, 5) is 29.3. The van der Waals surface area contributed by atoms with Crippen molar-refractivity contribution in [2.24, 2.45) is 5.41 Å². The molecule has 0 unspecified atom stereocenters. The molecule has 11 heteroatoms. The highest BCUT2D eigenvalue weighted by Gasteiger charge is 2.53. The van der Waals surface area contributed by atoms with E-state index in [1.165, 1.54) is 28.3 Å². The number of fused-ring (bicyclic) bond motifs is 4. The maximum atomic E-state index is 15.9. The summed E-state index contributed by atoms with van der Waals surface area (Å²) in [5.74, 6) is -5.50. The third-order valence-electron chi connectivity index (χ3n) is 10.6. The van der Waals surface area contributed by atoms with E-state index >= 15 is 13.2 Å². The number of pyridine rings is 1. The molecule has 1 N–H and O–H groups in total. The molecule has 230 valence electrons. The maximum absolute atomic E-state index is 15.9. The van der Waals surface area contributed by atoms with Crippen LogP contribution in [0.2, 0.25) is 0 Å². The lowest BCUT2D eigenvalue weighted by Crippen LogP contribution is -2.66. The summed E-state index contributed by atoms with van der Waals surface area (Å²) < 4.78 is 54.6. The zero-order valence-electron chi connectivity index (χ0n) is 24.1. The summed E-state index contributed by atoms with van der Waals surface area (Å²) in [7, 11) is 0. The molecule has 0 bridgehead atoms. The van der Waals surface area contributed by atoms with Crippen molar-refractivity contribution in [1.29, 1.82) is 0 Å². The fraction of sp³-hybridized carbons (Fsp3) is 0.353. The zero-order chi connectivity index (χ0) is 30.8. The van der Waals surface area contributed by atoms with Crippen molar-refractivity contribution in [3.8, 4) is 27.3 Å². The molecule has 5 aliphatic rings. The van der Waals surface area contributed by atoms with Gasteiger partial charge in [-0.2, -0.15) is 0 Å². The van der Waals surface area contributed by atoms with Gasteiger partial charge < -0.3 is 14.7 Å². The molecule has 2 fully saturated rings. The van der Waals surface area contributed by atoms with Crippen LogP contribution in [0.5, 0.6) is 5.75 Å². The first-order chi connectivity index (χ1) is 21.7. The van der Waals surface area contributed by atoms with Crippen molar-refractivity contribution >= 4 is 17.2 Å². The number of nitrogens with zero attached hydrogens (tertiary/aromatic N) is 3. The lowest BCUT2D eigenvalue weighted by molar-refractivity contribution is -0.0430. The van der Waals surface area contributed by atoms with Crippen molar-refractivity contribution in [2.45, 2.75) is 50.2 Å². The van der Waals surface area contributed by atoms with Crippen LogP contribution in [0, 0.1) is 11.2 Å². The fourth-order valence-electron chi connectivity index (χ4n) is 8.49. The minimum Gasteiger partial charge on any atom is -0.502 e. The summed E-state index contributed by atoms with van der Waals surface area (Å²) in [6.45, 7) is 1.62. The van der Waals surface area contributed by atoms with E-state index in [0.29, 0.717) is 42.9 Å². The second-order valence-electron chi connectivity index (χ2n) is 12.9. The lowest BCUT2D eigenvalue weighted by atomic mass is 9.71. The Kier molecular flexibility index (Phi) is 5.59. The number of hydrogen-bond acceptors (Lipinski definition) is 6. The highest BCUT2D eigenvalue weighted by molar-refractivity contribution is 7.14. The zero-order valence-corrected chi connectivity index (χ0v) is 24.9. The van der Waals surface area contributed by atoms with Crippen LogP contribution >= 0.6 is 11.3 Å². The molecule has 1 amide bonds. The summed E-state index contributed by atoms with van der Waals surface area (Å²) in [6.07, 6.45) is 3.32. The molecule has 5 heterocycles. The van der Waals surface area contributed by atoms with Crippen molar-refractivity contribution in [3.63, 3.8) is 0 Å². The van der Waals surface area contributed by atoms with Crippen LogP contribution in [0.4, 0.5) is 13.2 Å². The quantitative estimate of drug-likeness (QED) is 0.273. The Morgan fingerprint density at radius 2 is 1.78 bits per heavy atom. The second kappa shape index (κ2) is 9.23. The monoisotopic (exact) mass is 631 g/mol. The third kappa shape index (κ3) is 3.62. The Bertz CT molecular complexity index is 2000. The number of hydrogen-bond donors (Lipinski definition) is 1. The Morgan fingerprint density at radius 3 is 2.60 bits per heavy atom. The Hall–Kier alpha value is -4.09. The maximum Gasteiger partial charge on any atom is 0.280 e. The number of rotatable bonds is 1. The van der Waals surface area contributed by atoms with Gasteiger partial charge in [-0.25, -0.2) is 13.2 Å². The van der Waals surface area contributed by atoms with Crippen molar-refractivity contribution in [2.75, 3.05) is 24.8 Å². The summed E-state index contributed by atoms with van der Waals surface area (Å²) in [5, 5.41) is 14.8. The standard InChI is InChI=1S/C34H28F3N3O4S/c35-22-6-5-21-26-25-18(15-34(36,37)27(22)26)17-45-31(25)20-4-2-1-3-19(20)28(21)40-24-16-33(9-13-44-14-10-33)8-12-38(24)32(43)29-30(42)23(41)7-11-39(29)40/h1-7,11,17,24,28,42H,8-10,12-16H2/t24-,28+/m1/s1.